The number of benzene rings is 1. The third-order valence-corrected chi connectivity index (χ3v) is 4.75. The maximum Gasteiger partial charge on any atom is 0.250 e. The molecule has 2 rings (SSSR count). The van der Waals surface area contributed by atoms with E-state index in [1.54, 1.807) is 16.7 Å². The molecule has 0 aliphatic rings. The normalized spacial score (nSPS) is 12.6. The van der Waals surface area contributed by atoms with Crippen LogP contribution in [0.25, 0.3) is 0 Å². The number of aryl methyl sites for hydroxylation is 1. The lowest BCUT2D eigenvalue weighted by atomic mass is 10.1. The van der Waals surface area contributed by atoms with Crippen molar-refractivity contribution in [2.75, 3.05) is 19.6 Å². The minimum Gasteiger partial charge on any atom is -0.491 e. The molecule has 0 aliphatic carbocycles. The molecule has 0 bridgehead atoms. The summed E-state index contributed by atoms with van der Waals surface area (Å²) < 4.78 is 7.50. The molecule has 31 heavy (non-hydrogen) atoms. The van der Waals surface area contributed by atoms with Gasteiger partial charge in [-0.25, -0.2) is 0 Å². The van der Waals surface area contributed by atoms with Crippen molar-refractivity contribution in [3.8, 4) is 5.75 Å². The van der Waals surface area contributed by atoms with E-state index in [4.69, 9.17) is 4.74 Å². The van der Waals surface area contributed by atoms with Crippen LogP contribution in [0.15, 0.2) is 52.3 Å². The van der Waals surface area contributed by atoms with Gasteiger partial charge in [0.15, 0.2) is 5.96 Å². The monoisotopic (exact) mass is 428 g/mol. The molecule has 0 radical (unpaired) electrons. The molecule has 1 atom stereocenters. The Morgan fingerprint density at radius 3 is 2.65 bits per heavy atom. The smallest absolute Gasteiger partial charge is 0.250 e. The van der Waals surface area contributed by atoms with Crippen LogP contribution >= 0.6 is 0 Å². The van der Waals surface area contributed by atoms with Crippen molar-refractivity contribution in [3.05, 3.63) is 64.1 Å². The van der Waals surface area contributed by atoms with Crippen molar-refractivity contribution < 1.29 is 9.84 Å². The van der Waals surface area contributed by atoms with E-state index in [0.717, 1.165) is 42.9 Å². The van der Waals surface area contributed by atoms with E-state index in [2.05, 4.69) is 15.6 Å². The van der Waals surface area contributed by atoms with Crippen LogP contribution in [0.3, 0.4) is 0 Å². The van der Waals surface area contributed by atoms with Crippen LogP contribution in [-0.2, 0) is 6.54 Å². The number of aliphatic hydroxyl groups excluding tert-OH is 1. The van der Waals surface area contributed by atoms with Crippen molar-refractivity contribution in [2.45, 2.75) is 59.3 Å². The third-order valence-electron chi connectivity index (χ3n) is 4.75. The molecule has 1 unspecified atom stereocenters. The molecular formula is C24H36N4O3. The van der Waals surface area contributed by atoms with Gasteiger partial charge >= 0.3 is 0 Å². The lowest BCUT2D eigenvalue weighted by Crippen LogP contribution is -2.38. The molecule has 0 amide bonds. The molecule has 3 N–H and O–H groups in total. The fraction of sp³-hybridized carbons (Fsp3) is 0.500. The second kappa shape index (κ2) is 12.8. The molecule has 170 valence electrons. The number of nitrogens with one attached hydrogen (secondary N) is 2. The predicted octanol–water partition coefficient (Wildman–Crippen LogP) is 3.01. The minimum atomic E-state index is -0.709. The second-order valence-corrected chi connectivity index (χ2v) is 7.77. The van der Waals surface area contributed by atoms with Crippen LogP contribution in [0.1, 0.15) is 51.0 Å². The number of pyridine rings is 1. The quantitative estimate of drug-likeness (QED) is 0.291. The molecule has 1 aromatic carbocycles. The van der Waals surface area contributed by atoms with E-state index >= 15 is 0 Å². The first-order chi connectivity index (χ1) is 14.9. The number of ether oxygens (including phenoxy) is 1. The molecule has 0 saturated heterocycles. The number of aliphatic hydroxyl groups is 1. The average molecular weight is 429 g/mol. The van der Waals surface area contributed by atoms with E-state index in [9.17, 15) is 9.90 Å². The molecule has 0 spiro atoms. The van der Waals surface area contributed by atoms with Crippen molar-refractivity contribution in [1.29, 1.82) is 0 Å². The summed E-state index contributed by atoms with van der Waals surface area (Å²) in [6.07, 6.45) is 1.17. The Hall–Kier alpha value is -2.80. The van der Waals surface area contributed by atoms with E-state index in [1.165, 1.54) is 0 Å². The Morgan fingerprint density at radius 1 is 1.16 bits per heavy atom. The molecular weight excluding hydrogens is 392 g/mol. The fourth-order valence-corrected chi connectivity index (χ4v) is 3.20. The Labute approximate surface area is 185 Å². The van der Waals surface area contributed by atoms with E-state index in [1.807, 2.05) is 58.0 Å². The highest BCUT2D eigenvalue weighted by atomic mass is 16.5. The van der Waals surface area contributed by atoms with Gasteiger partial charge in [-0.05, 0) is 64.3 Å². The number of aromatic nitrogens is 1. The Bertz CT molecular complexity index is 892. The van der Waals surface area contributed by atoms with E-state index in [-0.39, 0.29) is 18.2 Å². The Kier molecular flexibility index (Phi) is 10.1. The van der Waals surface area contributed by atoms with E-state index in [0.29, 0.717) is 12.5 Å². The summed E-state index contributed by atoms with van der Waals surface area (Å²) in [5.74, 6) is 1.41. The van der Waals surface area contributed by atoms with Crippen LogP contribution < -0.4 is 20.9 Å². The molecule has 0 saturated carbocycles. The zero-order chi connectivity index (χ0) is 22.6. The number of aliphatic imine (C=N–C) groups is 1. The van der Waals surface area contributed by atoms with Gasteiger partial charge in [0.1, 0.15) is 5.75 Å². The maximum absolute atomic E-state index is 11.9. The molecule has 7 nitrogen and oxygen atoms in total. The summed E-state index contributed by atoms with van der Waals surface area (Å²) in [6.45, 7) is 10.3. The van der Waals surface area contributed by atoms with Gasteiger partial charge in [0.25, 0.3) is 5.56 Å². The number of nitrogens with zero attached hydrogens (tertiary/aromatic N) is 2. The summed E-state index contributed by atoms with van der Waals surface area (Å²) in [6, 6.07) is 12.8. The summed E-state index contributed by atoms with van der Waals surface area (Å²) >= 11 is 0. The average Bonchev–Trinajstić information content (AvgIpc) is 2.73. The van der Waals surface area contributed by atoms with E-state index < -0.39 is 6.10 Å². The summed E-state index contributed by atoms with van der Waals surface area (Å²) in [5.41, 5.74) is 1.80. The van der Waals surface area contributed by atoms with Gasteiger partial charge in [-0.3, -0.25) is 9.79 Å². The molecule has 7 heteroatoms. The van der Waals surface area contributed by atoms with Gasteiger partial charge in [0.2, 0.25) is 0 Å². The highest BCUT2D eigenvalue weighted by molar-refractivity contribution is 5.79. The number of hydrogen-bond acceptors (Lipinski definition) is 4. The minimum absolute atomic E-state index is 0.0414. The molecule has 1 heterocycles. The third kappa shape index (κ3) is 8.45. The number of rotatable bonds is 11. The zero-order valence-electron chi connectivity index (χ0n) is 19.1. The number of unbranched alkanes of at least 4 members (excludes halogenated alkanes) is 1. The number of guanidine groups is 1. The molecule has 0 fully saturated rings. The van der Waals surface area contributed by atoms with Crippen LogP contribution in [0.5, 0.6) is 5.75 Å². The Morgan fingerprint density at radius 2 is 1.94 bits per heavy atom. The van der Waals surface area contributed by atoms with Crippen LogP contribution in [0.4, 0.5) is 0 Å². The van der Waals surface area contributed by atoms with Crippen LogP contribution in [0.2, 0.25) is 0 Å². The first-order valence-corrected chi connectivity index (χ1v) is 11.0. The first-order valence-electron chi connectivity index (χ1n) is 11.0. The highest BCUT2D eigenvalue weighted by Crippen LogP contribution is 2.20. The van der Waals surface area contributed by atoms with Gasteiger partial charge in [-0.2, -0.15) is 0 Å². The maximum atomic E-state index is 11.9. The van der Waals surface area contributed by atoms with Crippen molar-refractivity contribution >= 4 is 5.96 Å². The van der Waals surface area contributed by atoms with Gasteiger partial charge < -0.3 is 25.0 Å². The zero-order valence-corrected chi connectivity index (χ0v) is 19.1. The van der Waals surface area contributed by atoms with Crippen molar-refractivity contribution in [3.63, 3.8) is 0 Å². The molecule has 0 aliphatic heterocycles. The van der Waals surface area contributed by atoms with Crippen molar-refractivity contribution in [2.24, 2.45) is 4.99 Å². The fourth-order valence-electron chi connectivity index (χ4n) is 3.20. The van der Waals surface area contributed by atoms with Gasteiger partial charge in [-0.1, -0.05) is 18.2 Å². The van der Waals surface area contributed by atoms with Gasteiger partial charge in [0, 0.05) is 31.4 Å². The molecule has 1 aromatic heterocycles. The van der Waals surface area contributed by atoms with Crippen LogP contribution in [0, 0.1) is 6.92 Å². The molecule has 2 aromatic rings. The largest absolute Gasteiger partial charge is 0.491 e. The second-order valence-electron chi connectivity index (χ2n) is 7.77. The summed E-state index contributed by atoms with van der Waals surface area (Å²) in [7, 11) is 0. The van der Waals surface area contributed by atoms with Gasteiger partial charge in [-0.15, -0.1) is 0 Å². The lowest BCUT2D eigenvalue weighted by molar-refractivity contribution is 0.185. The summed E-state index contributed by atoms with van der Waals surface area (Å²) in [4.78, 5) is 16.4. The highest BCUT2D eigenvalue weighted by Gasteiger charge is 2.09. The lowest BCUT2D eigenvalue weighted by Gasteiger charge is -2.15. The first kappa shape index (κ1) is 24.5. The Balaban J connectivity index is 1.83. The summed E-state index contributed by atoms with van der Waals surface area (Å²) in [5, 5.41) is 17.0. The standard InChI is InChI=1S/C24H36N4O3/c1-5-25-24(26-14-6-7-15-28-19(4)10-8-13-23(28)30)27-17-22(29)20-11-9-12-21(16-20)31-18(2)3/h8-13,16,18,22,29H,5-7,14-15,17H2,1-4H3,(H2,25,26,27). The van der Waals surface area contributed by atoms with Crippen LogP contribution in [-0.4, -0.2) is 41.4 Å². The SMILES string of the molecule is CCNC(=NCC(O)c1cccc(OC(C)C)c1)NCCCCn1c(C)cccc1=O. The van der Waals surface area contributed by atoms with Gasteiger partial charge in [0.05, 0.1) is 18.8 Å². The number of hydrogen-bond donors (Lipinski definition) is 3. The topological polar surface area (TPSA) is 87.9 Å². The predicted molar refractivity (Wildman–Crippen MR) is 126 cm³/mol. The van der Waals surface area contributed by atoms with Crippen molar-refractivity contribution in [1.82, 2.24) is 15.2 Å².